The van der Waals surface area contributed by atoms with Crippen LogP contribution in [0.25, 0.3) is 0 Å². The van der Waals surface area contributed by atoms with E-state index in [4.69, 9.17) is 20.9 Å². The highest BCUT2D eigenvalue weighted by atomic mass is 35.5. The number of aliphatic carboxylic acids is 1. The fourth-order valence-corrected chi connectivity index (χ4v) is 5.41. The molecule has 1 saturated carbocycles. The molecule has 0 spiro atoms. The van der Waals surface area contributed by atoms with Crippen molar-refractivity contribution in [1.29, 1.82) is 0 Å². The van der Waals surface area contributed by atoms with Crippen molar-refractivity contribution in [2.24, 2.45) is 0 Å². The average Bonchev–Trinajstić information content (AvgIpc) is 3.64. The van der Waals surface area contributed by atoms with Gasteiger partial charge in [0.25, 0.3) is 0 Å². The van der Waals surface area contributed by atoms with Gasteiger partial charge in [-0.25, -0.2) is 4.79 Å². The van der Waals surface area contributed by atoms with Crippen LogP contribution in [0.4, 0.5) is 16.2 Å². The zero-order valence-corrected chi connectivity index (χ0v) is 21.6. The van der Waals surface area contributed by atoms with Crippen molar-refractivity contribution >= 4 is 35.0 Å². The summed E-state index contributed by atoms with van der Waals surface area (Å²) in [4.78, 5) is 26.6. The first-order valence-corrected chi connectivity index (χ1v) is 12.9. The van der Waals surface area contributed by atoms with E-state index in [0.29, 0.717) is 35.0 Å². The Morgan fingerprint density at radius 2 is 1.84 bits per heavy atom. The molecule has 2 aliphatic rings. The van der Waals surface area contributed by atoms with Crippen LogP contribution in [0, 0.1) is 6.92 Å². The molecule has 9 heteroatoms. The van der Waals surface area contributed by atoms with Gasteiger partial charge in [-0.15, -0.1) is 0 Å². The lowest BCUT2D eigenvalue weighted by Crippen LogP contribution is -2.33. The van der Waals surface area contributed by atoms with Crippen molar-refractivity contribution < 1.29 is 24.0 Å². The molecule has 37 heavy (non-hydrogen) atoms. The van der Waals surface area contributed by atoms with Crippen molar-refractivity contribution in [1.82, 2.24) is 5.16 Å². The molecule has 2 fully saturated rings. The van der Waals surface area contributed by atoms with E-state index < -0.39 is 23.6 Å². The maximum atomic E-state index is 12.7. The summed E-state index contributed by atoms with van der Waals surface area (Å²) < 4.78 is 11.2. The first-order chi connectivity index (χ1) is 17.8. The number of piperidine rings is 1. The largest absolute Gasteiger partial charge is 0.481 e. The van der Waals surface area contributed by atoms with Crippen molar-refractivity contribution in [2.45, 2.75) is 57.0 Å². The van der Waals surface area contributed by atoms with Crippen LogP contribution in [0.2, 0.25) is 5.02 Å². The second-order valence-electron chi connectivity index (χ2n) is 9.90. The standard InChI is InChI=1S/C28H30ClN3O5/c1-17-24(30-27(35)36-18(2)22-5-3-4-6-23(22)29)25(37-31-17)19-11-15-32(16-12-19)21-9-7-20(8-10-21)28(13-14-28)26(33)34/h3-10,18-19H,11-16H2,1-2H3,(H,30,35)(H,33,34)/t18-/m1/s1. The van der Waals surface area contributed by atoms with Gasteiger partial charge in [-0.3, -0.25) is 10.1 Å². The lowest BCUT2D eigenvalue weighted by molar-refractivity contribution is -0.140. The number of carboxylic acid groups (broad SMARTS) is 1. The average molecular weight is 524 g/mol. The number of rotatable bonds is 7. The number of nitrogens with zero attached hydrogens (tertiary/aromatic N) is 2. The number of ether oxygens (including phenoxy) is 1. The van der Waals surface area contributed by atoms with Crippen LogP contribution in [0.15, 0.2) is 53.1 Å². The summed E-state index contributed by atoms with van der Waals surface area (Å²) in [5.41, 5.74) is 3.16. The fourth-order valence-electron chi connectivity index (χ4n) is 5.12. The van der Waals surface area contributed by atoms with E-state index in [1.165, 1.54) is 0 Å². The third-order valence-corrected chi connectivity index (χ3v) is 7.90. The fraction of sp³-hybridized carbons (Fsp3) is 0.393. The number of aryl methyl sites for hydroxylation is 1. The highest BCUT2D eigenvalue weighted by Crippen LogP contribution is 2.48. The smallest absolute Gasteiger partial charge is 0.412 e. The van der Waals surface area contributed by atoms with Crippen LogP contribution in [0.5, 0.6) is 0 Å². The number of nitrogens with one attached hydrogen (secondary N) is 1. The summed E-state index contributed by atoms with van der Waals surface area (Å²) in [6.07, 6.45) is 1.95. The van der Waals surface area contributed by atoms with E-state index in [-0.39, 0.29) is 5.92 Å². The maximum absolute atomic E-state index is 12.7. The van der Waals surface area contributed by atoms with Crippen molar-refractivity contribution in [2.75, 3.05) is 23.3 Å². The number of carbonyl (C=O) groups excluding carboxylic acids is 1. The maximum Gasteiger partial charge on any atom is 0.412 e. The summed E-state index contributed by atoms with van der Waals surface area (Å²) >= 11 is 6.23. The van der Waals surface area contributed by atoms with Gasteiger partial charge in [0.15, 0.2) is 5.76 Å². The number of halogens is 1. The van der Waals surface area contributed by atoms with Crippen LogP contribution in [-0.2, 0) is 14.9 Å². The van der Waals surface area contributed by atoms with E-state index in [0.717, 1.165) is 42.7 Å². The van der Waals surface area contributed by atoms with E-state index in [2.05, 4.69) is 15.4 Å². The SMILES string of the molecule is Cc1noc(C2CCN(c3ccc(C4(C(=O)O)CC4)cc3)CC2)c1NC(=O)O[C@H](C)c1ccccc1Cl. The number of hydrogen-bond donors (Lipinski definition) is 2. The Morgan fingerprint density at radius 1 is 1.16 bits per heavy atom. The van der Waals surface area contributed by atoms with E-state index >= 15 is 0 Å². The number of aromatic nitrogens is 1. The topological polar surface area (TPSA) is 105 Å². The Morgan fingerprint density at radius 3 is 2.46 bits per heavy atom. The van der Waals surface area contributed by atoms with Crippen molar-refractivity contribution in [3.8, 4) is 0 Å². The van der Waals surface area contributed by atoms with Crippen LogP contribution in [0.3, 0.4) is 0 Å². The highest BCUT2D eigenvalue weighted by Gasteiger charge is 2.51. The first-order valence-electron chi connectivity index (χ1n) is 12.6. The van der Waals surface area contributed by atoms with Gasteiger partial charge in [0.2, 0.25) is 0 Å². The van der Waals surface area contributed by atoms with E-state index in [1.54, 1.807) is 19.9 Å². The normalized spacial score (nSPS) is 17.8. The molecule has 1 atom stereocenters. The summed E-state index contributed by atoms with van der Waals surface area (Å²) in [6, 6.07) is 15.2. The van der Waals surface area contributed by atoms with Gasteiger partial charge in [-0.2, -0.15) is 0 Å². The zero-order valence-electron chi connectivity index (χ0n) is 20.9. The first kappa shape index (κ1) is 25.1. The lowest BCUT2D eigenvalue weighted by atomic mass is 9.92. The molecule has 1 aliphatic carbocycles. The minimum Gasteiger partial charge on any atom is -0.481 e. The van der Waals surface area contributed by atoms with E-state index in [1.807, 2.05) is 42.5 Å². The molecule has 2 aromatic carbocycles. The molecular formula is C28H30ClN3O5. The number of benzene rings is 2. The zero-order chi connectivity index (χ0) is 26.2. The second-order valence-corrected chi connectivity index (χ2v) is 10.3. The Bertz CT molecular complexity index is 1290. The minimum atomic E-state index is -0.741. The van der Waals surface area contributed by atoms with Gasteiger partial charge in [0, 0.05) is 35.3 Å². The quantitative estimate of drug-likeness (QED) is 0.367. The molecule has 0 unspecified atom stereocenters. The van der Waals surface area contributed by atoms with E-state index in [9.17, 15) is 14.7 Å². The monoisotopic (exact) mass is 523 g/mol. The Balaban J connectivity index is 1.20. The van der Waals surface area contributed by atoms with Gasteiger partial charge >= 0.3 is 12.1 Å². The molecule has 194 valence electrons. The molecule has 1 saturated heterocycles. The van der Waals surface area contributed by atoms with Crippen LogP contribution < -0.4 is 10.2 Å². The molecule has 1 aliphatic heterocycles. The van der Waals surface area contributed by atoms with Gasteiger partial charge < -0.3 is 19.3 Å². The van der Waals surface area contributed by atoms with Gasteiger partial charge in [-0.1, -0.05) is 47.1 Å². The molecular weight excluding hydrogens is 494 g/mol. The highest BCUT2D eigenvalue weighted by molar-refractivity contribution is 6.31. The van der Waals surface area contributed by atoms with Gasteiger partial charge in [0.1, 0.15) is 17.5 Å². The molecule has 2 N–H and O–H groups in total. The molecule has 1 amide bonds. The Labute approximate surface area is 220 Å². The van der Waals surface area contributed by atoms with Crippen molar-refractivity contribution in [3.63, 3.8) is 0 Å². The predicted molar refractivity (Wildman–Crippen MR) is 140 cm³/mol. The molecule has 5 rings (SSSR count). The van der Waals surface area contributed by atoms with Crippen LogP contribution >= 0.6 is 11.6 Å². The summed E-state index contributed by atoms with van der Waals surface area (Å²) in [5, 5.41) is 17.0. The summed E-state index contributed by atoms with van der Waals surface area (Å²) in [6.45, 7) is 5.18. The number of carbonyl (C=O) groups is 2. The predicted octanol–water partition coefficient (Wildman–Crippen LogP) is 6.45. The lowest BCUT2D eigenvalue weighted by Gasteiger charge is -2.33. The molecule has 3 aromatic rings. The molecule has 0 bridgehead atoms. The third-order valence-electron chi connectivity index (χ3n) is 7.55. The third kappa shape index (κ3) is 5.03. The molecule has 1 aromatic heterocycles. The number of carboxylic acids is 1. The number of hydrogen-bond acceptors (Lipinski definition) is 6. The van der Waals surface area contributed by atoms with Gasteiger partial charge in [0.05, 0.1) is 5.41 Å². The van der Waals surface area contributed by atoms with Gasteiger partial charge in [-0.05, 0) is 63.3 Å². The molecule has 8 nitrogen and oxygen atoms in total. The minimum absolute atomic E-state index is 0.106. The molecule has 0 radical (unpaired) electrons. The number of amides is 1. The number of anilines is 2. The summed E-state index contributed by atoms with van der Waals surface area (Å²) in [5.74, 6) is 0.0248. The molecule has 2 heterocycles. The van der Waals surface area contributed by atoms with Crippen molar-refractivity contribution in [3.05, 3.63) is 76.1 Å². The Kier molecular flexibility index (Phi) is 6.86. The summed E-state index contributed by atoms with van der Waals surface area (Å²) in [7, 11) is 0. The Hall–Kier alpha value is -3.52. The van der Waals surface area contributed by atoms with Crippen LogP contribution in [-0.4, -0.2) is 35.4 Å². The van der Waals surface area contributed by atoms with Crippen LogP contribution in [0.1, 0.15) is 67.2 Å². The second kappa shape index (κ2) is 10.1.